The second kappa shape index (κ2) is 6.60. The van der Waals surface area contributed by atoms with Crippen molar-refractivity contribution >= 4 is 22.9 Å². The zero-order valence-electron chi connectivity index (χ0n) is 9.32. The zero-order valence-corrected chi connectivity index (χ0v) is 10.1. The van der Waals surface area contributed by atoms with Crippen molar-refractivity contribution < 1.29 is 9.53 Å². The van der Waals surface area contributed by atoms with Crippen molar-refractivity contribution in [3.8, 4) is 6.07 Å². The Kier molecular flexibility index (Phi) is 5.10. The first kappa shape index (κ1) is 13.1. The summed E-state index contributed by atoms with van der Waals surface area (Å²) < 4.78 is 4.77. The lowest BCUT2D eigenvalue weighted by atomic mass is 10.3. The summed E-state index contributed by atoms with van der Waals surface area (Å²) in [5.41, 5.74) is 5.40. The van der Waals surface area contributed by atoms with Crippen molar-refractivity contribution in [3.63, 3.8) is 0 Å². The maximum absolute atomic E-state index is 11.4. The average molecular weight is 252 g/mol. The SMILES string of the molecule is C=CCN=C1NN/C(=C(\C#N)C(=O)OCC)S1. The van der Waals surface area contributed by atoms with Gasteiger partial charge in [-0.15, -0.1) is 6.58 Å². The molecule has 90 valence electrons. The quantitative estimate of drug-likeness (QED) is 0.331. The number of aliphatic imine (C=N–C) groups is 1. The van der Waals surface area contributed by atoms with Crippen LogP contribution >= 0.6 is 11.8 Å². The van der Waals surface area contributed by atoms with Crippen molar-refractivity contribution in [3.05, 3.63) is 23.3 Å². The highest BCUT2D eigenvalue weighted by molar-refractivity contribution is 8.17. The van der Waals surface area contributed by atoms with Crippen LogP contribution in [0.2, 0.25) is 0 Å². The minimum atomic E-state index is -0.642. The predicted octanol–water partition coefficient (Wildman–Crippen LogP) is 0.668. The lowest BCUT2D eigenvalue weighted by Gasteiger charge is -2.01. The largest absolute Gasteiger partial charge is 0.462 e. The molecule has 1 fully saturated rings. The number of carbonyl (C=O) groups is 1. The van der Waals surface area contributed by atoms with Crippen LogP contribution in [-0.2, 0) is 9.53 Å². The fourth-order valence-electron chi connectivity index (χ4n) is 0.983. The van der Waals surface area contributed by atoms with Crippen LogP contribution < -0.4 is 10.9 Å². The van der Waals surface area contributed by atoms with Crippen molar-refractivity contribution in [1.29, 1.82) is 5.26 Å². The molecule has 1 aliphatic heterocycles. The maximum Gasteiger partial charge on any atom is 0.351 e. The molecule has 1 saturated heterocycles. The third-order valence-electron chi connectivity index (χ3n) is 1.66. The van der Waals surface area contributed by atoms with E-state index in [1.54, 1.807) is 13.0 Å². The van der Waals surface area contributed by atoms with E-state index in [-0.39, 0.29) is 12.2 Å². The molecule has 1 heterocycles. The lowest BCUT2D eigenvalue weighted by Crippen LogP contribution is -2.26. The smallest absolute Gasteiger partial charge is 0.351 e. The van der Waals surface area contributed by atoms with Gasteiger partial charge in [0.05, 0.1) is 13.2 Å². The van der Waals surface area contributed by atoms with Crippen molar-refractivity contribution in [2.75, 3.05) is 13.2 Å². The number of nitriles is 1. The Morgan fingerprint density at radius 2 is 2.47 bits per heavy atom. The average Bonchev–Trinajstić information content (AvgIpc) is 2.76. The van der Waals surface area contributed by atoms with E-state index in [0.29, 0.717) is 16.7 Å². The van der Waals surface area contributed by atoms with Crippen LogP contribution in [0.1, 0.15) is 6.92 Å². The van der Waals surface area contributed by atoms with Crippen molar-refractivity contribution in [1.82, 2.24) is 10.9 Å². The zero-order chi connectivity index (χ0) is 12.7. The number of amidine groups is 1. The molecule has 6 nitrogen and oxygen atoms in total. The summed E-state index contributed by atoms with van der Waals surface area (Å²) in [7, 11) is 0. The van der Waals surface area contributed by atoms with Crippen molar-refractivity contribution in [2.45, 2.75) is 6.92 Å². The van der Waals surface area contributed by atoms with Gasteiger partial charge in [0, 0.05) is 0 Å². The lowest BCUT2D eigenvalue weighted by molar-refractivity contribution is -0.138. The van der Waals surface area contributed by atoms with Crippen LogP contribution in [0, 0.1) is 11.3 Å². The standard InChI is InChI=1S/C10H12N4O2S/c1-3-5-12-10-14-13-8(17-10)7(6-11)9(15)16-4-2/h3,13H,1,4-5H2,2H3,(H,12,14)/b8-7-. The molecule has 0 aliphatic carbocycles. The van der Waals surface area contributed by atoms with E-state index in [4.69, 9.17) is 10.00 Å². The number of hydrazine groups is 1. The van der Waals surface area contributed by atoms with E-state index in [1.807, 2.05) is 6.07 Å². The molecule has 7 heteroatoms. The minimum absolute atomic E-state index is 0.0619. The van der Waals surface area contributed by atoms with E-state index in [0.717, 1.165) is 0 Å². The topological polar surface area (TPSA) is 86.5 Å². The van der Waals surface area contributed by atoms with Gasteiger partial charge in [0.15, 0.2) is 10.7 Å². The number of nitrogens with zero attached hydrogens (tertiary/aromatic N) is 2. The van der Waals surface area contributed by atoms with E-state index >= 15 is 0 Å². The molecule has 1 rings (SSSR count). The molecule has 0 atom stereocenters. The number of nitrogens with one attached hydrogen (secondary N) is 2. The number of rotatable bonds is 4. The third kappa shape index (κ3) is 3.53. The normalized spacial score (nSPS) is 18.9. The summed E-state index contributed by atoms with van der Waals surface area (Å²) in [6.45, 7) is 5.92. The highest BCUT2D eigenvalue weighted by Crippen LogP contribution is 2.22. The maximum atomic E-state index is 11.4. The van der Waals surface area contributed by atoms with Crippen molar-refractivity contribution in [2.24, 2.45) is 4.99 Å². The fraction of sp³-hybridized carbons (Fsp3) is 0.300. The molecule has 1 aliphatic rings. The Morgan fingerprint density at radius 3 is 3.06 bits per heavy atom. The summed E-state index contributed by atoms with van der Waals surface area (Å²) in [5.74, 6) is -0.642. The Morgan fingerprint density at radius 1 is 1.71 bits per heavy atom. The molecule has 0 amide bonds. The van der Waals surface area contributed by atoms with Gasteiger partial charge in [0.2, 0.25) is 0 Å². The molecule has 0 spiro atoms. The molecule has 0 aromatic rings. The Bertz CT molecular complexity index is 423. The van der Waals surface area contributed by atoms with Gasteiger partial charge in [-0.1, -0.05) is 6.08 Å². The summed E-state index contributed by atoms with van der Waals surface area (Å²) in [6, 6.07) is 1.81. The molecular formula is C10H12N4O2S. The molecule has 0 radical (unpaired) electrons. The van der Waals surface area contributed by atoms with Gasteiger partial charge in [0.1, 0.15) is 11.1 Å². The van der Waals surface area contributed by atoms with Gasteiger partial charge in [0.25, 0.3) is 0 Å². The molecule has 0 saturated carbocycles. The third-order valence-corrected chi connectivity index (χ3v) is 2.60. The van der Waals surface area contributed by atoms with Crippen LogP contribution in [-0.4, -0.2) is 24.3 Å². The Labute approximate surface area is 103 Å². The van der Waals surface area contributed by atoms with Crippen LogP contribution in [0.3, 0.4) is 0 Å². The van der Waals surface area contributed by atoms with Gasteiger partial charge in [-0.2, -0.15) is 5.26 Å². The molecule has 2 N–H and O–H groups in total. The van der Waals surface area contributed by atoms with E-state index < -0.39 is 5.97 Å². The van der Waals surface area contributed by atoms with Gasteiger partial charge >= 0.3 is 5.97 Å². The molecule has 17 heavy (non-hydrogen) atoms. The summed E-state index contributed by atoms with van der Waals surface area (Å²) >= 11 is 1.17. The molecular weight excluding hydrogens is 240 g/mol. The molecule has 0 bridgehead atoms. The van der Waals surface area contributed by atoms with Crippen LogP contribution in [0.15, 0.2) is 28.2 Å². The first-order valence-electron chi connectivity index (χ1n) is 4.89. The van der Waals surface area contributed by atoms with E-state index in [1.165, 1.54) is 11.8 Å². The van der Waals surface area contributed by atoms with Crippen LogP contribution in [0.25, 0.3) is 0 Å². The van der Waals surface area contributed by atoms with Crippen LogP contribution in [0.5, 0.6) is 0 Å². The monoisotopic (exact) mass is 252 g/mol. The van der Waals surface area contributed by atoms with E-state index in [9.17, 15) is 4.79 Å². The molecule has 0 unspecified atom stereocenters. The number of hydrogen-bond donors (Lipinski definition) is 2. The second-order valence-electron chi connectivity index (χ2n) is 2.82. The van der Waals surface area contributed by atoms with Gasteiger partial charge in [-0.05, 0) is 18.7 Å². The first-order valence-corrected chi connectivity index (χ1v) is 5.71. The number of esters is 1. The van der Waals surface area contributed by atoms with E-state index in [2.05, 4.69) is 22.4 Å². The van der Waals surface area contributed by atoms with Gasteiger partial charge in [-0.25, -0.2) is 4.79 Å². The number of ether oxygens (including phenoxy) is 1. The Hall–Kier alpha value is -1.94. The predicted molar refractivity (Wildman–Crippen MR) is 65.6 cm³/mol. The van der Waals surface area contributed by atoms with Gasteiger partial charge < -0.3 is 4.74 Å². The first-order chi connectivity index (χ1) is 8.22. The Balaban J connectivity index is 2.81. The highest BCUT2D eigenvalue weighted by Gasteiger charge is 2.23. The molecule has 0 aromatic heterocycles. The number of thioether (sulfide) groups is 1. The molecule has 0 aromatic carbocycles. The highest BCUT2D eigenvalue weighted by atomic mass is 32.2. The van der Waals surface area contributed by atoms with Crippen LogP contribution in [0.4, 0.5) is 0 Å². The summed E-state index contributed by atoms with van der Waals surface area (Å²) in [6.07, 6.45) is 1.65. The van der Waals surface area contributed by atoms with Gasteiger partial charge in [-0.3, -0.25) is 15.8 Å². The summed E-state index contributed by atoms with van der Waals surface area (Å²) in [5, 5.41) is 9.88. The minimum Gasteiger partial charge on any atom is -0.462 e. The number of hydrogen-bond acceptors (Lipinski definition) is 6. The summed E-state index contributed by atoms with van der Waals surface area (Å²) in [4.78, 5) is 15.5. The number of carbonyl (C=O) groups excluding carboxylic acids is 1. The fourth-order valence-corrected chi connectivity index (χ4v) is 1.75. The second-order valence-corrected chi connectivity index (χ2v) is 3.82.